The summed E-state index contributed by atoms with van der Waals surface area (Å²) in [6.45, 7) is 0.947. The van der Waals surface area contributed by atoms with E-state index in [2.05, 4.69) is 15.1 Å². The number of aromatic nitrogens is 2. The number of urea groups is 1. The Bertz CT molecular complexity index is 1210. The lowest BCUT2D eigenvalue weighted by Crippen LogP contribution is -2.34. The summed E-state index contributed by atoms with van der Waals surface area (Å²) in [6.07, 6.45) is -0.431. The first-order chi connectivity index (χ1) is 15.1. The second-order valence-electron chi connectivity index (χ2n) is 8.38. The van der Waals surface area contributed by atoms with E-state index in [-0.39, 0.29) is 23.6 Å². The minimum absolute atomic E-state index is 0.0343. The molecule has 0 spiro atoms. The number of benzene rings is 1. The number of nitrogens with zero attached hydrogens (tertiary/aromatic N) is 2. The van der Waals surface area contributed by atoms with Gasteiger partial charge in [-0.2, -0.15) is 18.3 Å². The van der Waals surface area contributed by atoms with Crippen LogP contribution in [0.4, 0.5) is 23.7 Å². The van der Waals surface area contributed by atoms with E-state index in [1.807, 2.05) is 6.07 Å². The number of carbonyl (C=O) groups excluding carboxylic acids is 1. The summed E-state index contributed by atoms with van der Waals surface area (Å²) in [5, 5.41) is 6.68. The van der Waals surface area contributed by atoms with E-state index in [9.17, 15) is 22.2 Å². The summed E-state index contributed by atoms with van der Waals surface area (Å²) in [7, 11) is -3.79. The van der Waals surface area contributed by atoms with Crippen LogP contribution in [0.2, 0.25) is 0 Å². The van der Waals surface area contributed by atoms with Gasteiger partial charge in [-0.05, 0) is 54.4 Å². The molecule has 32 heavy (non-hydrogen) atoms. The Balaban J connectivity index is 1.41. The summed E-state index contributed by atoms with van der Waals surface area (Å²) in [5.41, 5.74) is 3.19. The molecule has 172 valence electrons. The average Bonchev–Trinajstić information content (AvgIpc) is 3.44. The largest absolute Gasteiger partial charge is 0.477 e. The predicted octanol–water partition coefficient (Wildman–Crippen LogP) is 3.57. The van der Waals surface area contributed by atoms with Crippen molar-refractivity contribution in [2.24, 2.45) is 5.92 Å². The van der Waals surface area contributed by atoms with Gasteiger partial charge in [0.1, 0.15) is 4.90 Å². The summed E-state index contributed by atoms with van der Waals surface area (Å²) < 4.78 is 70.4. The number of nitrogens with one attached hydrogen (secondary N) is 3. The highest BCUT2D eigenvalue weighted by Crippen LogP contribution is 2.44. The molecule has 2 heterocycles. The van der Waals surface area contributed by atoms with Crippen LogP contribution >= 0.6 is 0 Å². The van der Waals surface area contributed by atoms with Gasteiger partial charge in [0, 0.05) is 18.7 Å². The molecular formula is C20H22F3N5O3S. The number of ether oxygens (including phenoxy) is 1. The Morgan fingerprint density at radius 2 is 2.03 bits per heavy atom. The first-order valence-corrected chi connectivity index (χ1v) is 12.0. The normalized spacial score (nSPS) is 21.2. The zero-order valence-corrected chi connectivity index (χ0v) is 17.9. The third kappa shape index (κ3) is 3.59. The van der Waals surface area contributed by atoms with Crippen LogP contribution in [0.1, 0.15) is 35.1 Å². The Labute approximate surface area is 182 Å². The van der Waals surface area contributed by atoms with Crippen molar-refractivity contribution < 1.29 is 26.9 Å². The Kier molecular flexibility index (Phi) is 4.88. The van der Waals surface area contributed by atoms with E-state index in [0.717, 1.165) is 30.4 Å². The van der Waals surface area contributed by atoms with Crippen LogP contribution in [0.25, 0.3) is 0 Å². The minimum Gasteiger partial charge on any atom is -0.477 e. The van der Waals surface area contributed by atoms with Crippen molar-refractivity contribution in [2.75, 3.05) is 11.9 Å². The number of hydrogen-bond donors (Lipinski definition) is 3. The highest BCUT2D eigenvalue weighted by Gasteiger charge is 2.44. The maximum absolute atomic E-state index is 13.4. The molecule has 3 N–H and O–H groups in total. The second kappa shape index (κ2) is 7.39. The van der Waals surface area contributed by atoms with Gasteiger partial charge in [-0.15, -0.1) is 0 Å². The van der Waals surface area contributed by atoms with Gasteiger partial charge >= 0.3 is 12.2 Å². The van der Waals surface area contributed by atoms with Gasteiger partial charge in [-0.3, -0.25) is 0 Å². The SMILES string of the molecule is N=S(=O)(NC(=O)Nc1c2c(cc3c1CC(C(F)(F)F)C3)CCC2)c1cnn2c1OCCC2. The summed E-state index contributed by atoms with van der Waals surface area (Å²) in [4.78, 5) is 12.7. The number of anilines is 1. The molecular weight excluding hydrogens is 447 g/mol. The fourth-order valence-electron chi connectivity index (χ4n) is 4.80. The van der Waals surface area contributed by atoms with Gasteiger partial charge in [-0.25, -0.2) is 23.2 Å². The fraction of sp³-hybridized carbons (Fsp3) is 0.500. The van der Waals surface area contributed by atoms with Crippen molar-refractivity contribution in [1.29, 1.82) is 4.78 Å². The molecule has 0 saturated heterocycles. The van der Waals surface area contributed by atoms with Crippen LogP contribution in [0, 0.1) is 10.7 Å². The van der Waals surface area contributed by atoms with Crippen LogP contribution < -0.4 is 14.8 Å². The van der Waals surface area contributed by atoms with Gasteiger partial charge in [-0.1, -0.05) is 6.07 Å². The van der Waals surface area contributed by atoms with Crippen molar-refractivity contribution >= 4 is 21.6 Å². The molecule has 2 atom stereocenters. The molecule has 1 aromatic heterocycles. The molecule has 0 bridgehead atoms. The number of aryl methyl sites for hydroxylation is 2. The van der Waals surface area contributed by atoms with Crippen molar-refractivity contribution in [2.45, 2.75) is 56.1 Å². The lowest BCUT2D eigenvalue weighted by atomic mass is 9.99. The number of carbonyl (C=O) groups is 1. The van der Waals surface area contributed by atoms with Crippen LogP contribution in [-0.2, 0) is 42.1 Å². The molecule has 0 radical (unpaired) electrons. The molecule has 0 saturated carbocycles. The summed E-state index contributed by atoms with van der Waals surface area (Å²) in [6, 6.07) is 0.926. The van der Waals surface area contributed by atoms with E-state index < -0.39 is 28.0 Å². The molecule has 1 aliphatic heterocycles. The molecule has 2 amide bonds. The quantitative estimate of drug-likeness (QED) is 0.638. The van der Waals surface area contributed by atoms with E-state index in [1.54, 1.807) is 0 Å². The Morgan fingerprint density at radius 1 is 1.22 bits per heavy atom. The smallest absolute Gasteiger partial charge is 0.392 e. The fourth-order valence-corrected chi connectivity index (χ4v) is 5.83. The van der Waals surface area contributed by atoms with Crippen molar-refractivity contribution in [3.05, 3.63) is 34.5 Å². The third-order valence-electron chi connectivity index (χ3n) is 6.28. The van der Waals surface area contributed by atoms with E-state index in [1.165, 1.54) is 10.9 Å². The van der Waals surface area contributed by atoms with E-state index in [0.29, 0.717) is 36.4 Å². The van der Waals surface area contributed by atoms with Crippen LogP contribution in [0.3, 0.4) is 0 Å². The lowest BCUT2D eigenvalue weighted by Gasteiger charge is -2.19. The van der Waals surface area contributed by atoms with Crippen molar-refractivity contribution in [3.63, 3.8) is 0 Å². The molecule has 5 rings (SSSR count). The molecule has 12 heteroatoms. The number of amides is 2. The number of rotatable bonds is 3. The van der Waals surface area contributed by atoms with Gasteiger partial charge in [0.05, 0.1) is 18.7 Å². The molecule has 2 unspecified atom stereocenters. The Morgan fingerprint density at radius 3 is 2.81 bits per heavy atom. The monoisotopic (exact) mass is 469 g/mol. The molecule has 2 aromatic rings. The maximum Gasteiger partial charge on any atom is 0.392 e. The molecule has 3 aliphatic rings. The topological polar surface area (TPSA) is 109 Å². The first-order valence-electron chi connectivity index (χ1n) is 10.4. The number of halogens is 3. The van der Waals surface area contributed by atoms with Crippen LogP contribution in [0.5, 0.6) is 5.88 Å². The molecule has 1 aromatic carbocycles. The summed E-state index contributed by atoms with van der Waals surface area (Å²) in [5.74, 6) is -1.30. The Hall–Kier alpha value is -2.76. The van der Waals surface area contributed by atoms with E-state index in [4.69, 9.17) is 9.52 Å². The van der Waals surface area contributed by atoms with Gasteiger partial charge < -0.3 is 10.1 Å². The standard InChI is InChI=1S/C20H22F3N5O3S/c21-20(22,23)13-8-12-7-11-3-1-4-14(11)17(15(12)9-13)26-19(29)27-32(24,30)16-10-25-28-5-2-6-31-18(16)28/h7,10,13H,1-6,8-9H2,(H3,24,26,27,29,30). The van der Waals surface area contributed by atoms with Crippen molar-refractivity contribution in [1.82, 2.24) is 14.5 Å². The van der Waals surface area contributed by atoms with E-state index >= 15 is 0 Å². The third-order valence-corrected chi connectivity index (χ3v) is 7.65. The summed E-state index contributed by atoms with van der Waals surface area (Å²) >= 11 is 0. The number of hydrogen-bond acceptors (Lipinski definition) is 5. The van der Waals surface area contributed by atoms with Crippen LogP contribution in [0.15, 0.2) is 17.2 Å². The highest BCUT2D eigenvalue weighted by atomic mass is 32.2. The highest BCUT2D eigenvalue weighted by molar-refractivity contribution is 7.91. The van der Waals surface area contributed by atoms with Gasteiger partial charge in [0.25, 0.3) is 0 Å². The second-order valence-corrected chi connectivity index (χ2v) is 10.1. The molecule has 0 fully saturated rings. The van der Waals surface area contributed by atoms with Crippen molar-refractivity contribution in [3.8, 4) is 5.88 Å². The van der Waals surface area contributed by atoms with Gasteiger partial charge in [0.15, 0.2) is 9.92 Å². The number of alkyl halides is 3. The van der Waals surface area contributed by atoms with Crippen LogP contribution in [-0.4, -0.2) is 32.8 Å². The van der Waals surface area contributed by atoms with Gasteiger partial charge in [0.2, 0.25) is 5.88 Å². The molecule has 8 nitrogen and oxygen atoms in total. The first kappa shape index (κ1) is 21.1. The predicted molar refractivity (Wildman–Crippen MR) is 109 cm³/mol. The average molecular weight is 469 g/mol. The zero-order chi connectivity index (χ0) is 22.7. The lowest BCUT2D eigenvalue weighted by molar-refractivity contribution is -0.171. The zero-order valence-electron chi connectivity index (χ0n) is 17.1. The number of fused-ring (bicyclic) bond motifs is 3. The minimum atomic E-state index is -4.32. The molecule has 2 aliphatic carbocycles. The maximum atomic E-state index is 13.4.